The van der Waals surface area contributed by atoms with Gasteiger partial charge in [0.05, 0.1) is 13.2 Å². The number of hydrogen-bond acceptors (Lipinski definition) is 7. The van der Waals surface area contributed by atoms with Crippen molar-refractivity contribution in [3.63, 3.8) is 0 Å². The van der Waals surface area contributed by atoms with Crippen LogP contribution in [0.1, 0.15) is 35.4 Å². The van der Waals surface area contributed by atoms with Crippen LogP contribution < -0.4 is 5.32 Å². The molecule has 2 saturated heterocycles. The number of likely N-dealkylation sites (N-methyl/N-ethyl adjacent to an activating group) is 1. The van der Waals surface area contributed by atoms with E-state index in [2.05, 4.69) is 25.2 Å². The molecule has 2 aliphatic heterocycles. The minimum absolute atomic E-state index is 0.0896. The summed E-state index contributed by atoms with van der Waals surface area (Å²) in [5.74, 6) is -0.600. The fraction of sp³-hybridized carbons (Fsp3) is 0.750. The zero-order chi connectivity index (χ0) is 18.0. The zero-order valence-electron chi connectivity index (χ0n) is 14.7. The number of likely N-dealkylation sites (tertiary alicyclic amines) is 2. The van der Waals surface area contributed by atoms with E-state index in [0.717, 1.165) is 25.8 Å². The summed E-state index contributed by atoms with van der Waals surface area (Å²) in [5.41, 5.74) is 0.369. The minimum Gasteiger partial charge on any atom is -0.396 e. The monoisotopic (exact) mass is 351 g/mol. The molecular weight excluding hydrogens is 326 g/mol. The Kier molecular flexibility index (Phi) is 5.05. The molecule has 25 heavy (non-hydrogen) atoms. The number of hydrogen-bond donors (Lipinski definition) is 2. The van der Waals surface area contributed by atoms with Crippen LogP contribution in [0.2, 0.25) is 0 Å². The Balaban J connectivity index is 1.58. The average molecular weight is 351 g/mol. The van der Waals surface area contributed by atoms with Gasteiger partial charge in [-0.05, 0) is 44.9 Å². The van der Waals surface area contributed by atoms with Gasteiger partial charge in [-0.25, -0.2) is 4.63 Å². The Morgan fingerprint density at radius 1 is 1.36 bits per heavy atom. The van der Waals surface area contributed by atoms with Crippen molar-refractivity contribution in [1.82, 2.24) is 25.4 Å². The number of piperidine rings is 2. The van der Waals surface area contributed by atoms with Crippen LogP contribution in [0.4, 0.5) is 0 Å². The summed E-state index contributed by atoms with van der Waals surface area (Å²) in [5, 5.41) is 19.6. The SMILES string of the molecule is Cc1nonc1C(=O)NCC(=O)N1CC[C@@]2(CO)CCCN(C)[C@@H]2C1. The molecule has 1 aromatic heterocycles. The van der Waals surface area contributed by atoms with Crippen LogP contribution in [0.25, 0.3) is 0 Å². The van der Waals surface area contributed by atoms with Gasteiger partial charge in [0.1, 0.15) is 5.69 Å². The third-order valence-corrected chi connectivity index (χ3v) is 5.63. The Bertz CT molecular complexity index is 648. The van der Waals surface area contributed by atoms with Crippen molar-refractivity contribution in [2.75, 3.05) is 39.8 Å². The van der Waals surface area contributed by atoms with Crippen LogP contribution >= 0.6 is 0 Å². The third-order valence-electron chi connectivity index (χ3n) is 5.63. The highest BCUT2D eigenvalue weighted by molar-refractivity contribution is 5.95. The molecule has 0 saturated carbocycles. The zero-order valence-corrected chi connectivity index (χ0v) is 14.7. The van der Waals surface area contributed by atoms with Crippen LogP contribution in [-0.2, 0) is 4.79 Å². The van der Waals surface area contributed by atoms with Crippen molar-refractivity contribution in [1.29, 1.82) is 0 Å². The maximum absolute atomic E-state index is 12.5. The first-order valence-electron chi connectivity index (χ1n) is 8.63. The number of carbonyl (C=O) groups excluding carboxylic acids is 2. The van der Waals surface area contributed by atoms with E-state index in [0.29, 0.717) is 18.8 Å². The summed E-state index contributed by atoms with van der Waals surface area (Å²) in [6.45, 7) is 3.84. The third kappa shape index (κ3) is 3.38. The van der Waals surface area contributed by atoms with E-state index in [-0.39, 0.29) is 36.2 Å². The van der Waals surface area contributed by atoms with Gasteiger partial charge in [-0.1, -0.05) is 5.16 Å². The summed E-state index contributed by atoms with van der Waals surface area (Å²) in [6.07, 6.45) is 2.85. The van der Waals surface area contributed by atoms with Crippen molar-refractivity contribution >= 4 is 11.8 Å². The second kappa shape index (κ2) is 7.09. The maximum atomic E-state index is 12.5. The summed E-state index contributed by atoms with van der Waals surface area (Å²) < 4.78 is 4.50. The molecule has 0 aromatic carbocycles. The average Bonchev–Trinajstić information content (AvgIpc) is 3.05. The summed E-state index contributed by atoms with van der Waals surface area (Å²) in [4.78, 5) is 28.5. The molecule has 3 heterocycles. The van der Waals surface area contributed by atoms with E-state index in [4.69, 9.17) is 0 Å². The fourth-order valence-electron chi connectivity index (χ4n) is 4.03. The Morgan fingerprint density at radius 2 is 2.16 bits per heavy atom. The van der Waals surface area contributed by atoms with Gasteiger partial charge in [0.15, 0.2) is 5.69 Å². The van der Waals surface area contributed by atoms with Crippen molar-refractivity contribution in [2.45, 2.75) is 32.2 Å². The highest BCUT2D eigenvalue weighted by atomic mass is 16.6. The van der Waals surface area contributed by atoms with Gasteiger partial charge >= 0.3 is 0 Å². The van der Waals surface area contributed by atoms with E-state index in [9.17, 15) is 14.7 Å². The number of nitrogens with zero attached hydrogens (tertiary/aromatic N) is 4. The lowest BCUT2D eigenvalue weighted by molar-refractivity contribution is -0.138. The number of rotatable bonds is 4. The highest BCUT2D eigenvalue weighted by Gasteiger charge is 2.47. The first-order valence-corrected chi connectivity index (χ1v) is 8.63. The Hall–Kier alpha value is -2.00. The smallest absolute Gasteiger partial charge is 0.275 e. The van der Waals surface area contributed by atoms with Crippen molar-refractivity contribution in [3.05, 3.63) is 11.4 Å². The first-order chi connectivity index (χ1) is 12.0. The standard InChI is InChI=1S/C16H25N5O4/c1-11-14(19-25-18-11)15(24)17-8-13(23)21-7-5-16(10-22)4-3-6-20(2)12(16)9-21/h12,22H,3-10H2,1-2H3,(H,17,24)/t12-,16-/m1/s1. The van der Waals surface area contributed by atoms with E-state index in [1.54, 1.807) is 11.8 Å². The number of aryl methyl sites for hydroxylation is 1. The number of aromatic nitrogens is 2. The molecule has 9 heteroatoms. The molecule has 0 spiro atoms. The molecule has 2 fully saturated rings. The quantitative estimate of drug-likeness (QED) is 0.746. The van der Waals surface area contributed by atoms with E-state index >= 15 is 0 Å². The van der Waals surface area contributed by atoms with Gasteiger partial charge in [-0.15, -0.1) is 0 Å². The molecule has 2 aliphatic rings. The number of aliphatic hydroxyl groups is 1. The largest absolute Gasteiger partial charge is 0.396 e. The molecule has 0 radical (unpaired) electrons. The number of aliphatic hydroxyl groups excluding tert-OH is 1. The molecule has 9 nitrogen and oxygen atoms in total. The molecule has 1 aromatic rings. The van der Waals surface area contributed by atoms with Gasteiger partial charge in [0, 0.05) is 24.5 Å². The Labute approximate surface area is 146 Å². The Morgan fingerprint density at radius 3 is 2.84 bits per heavy atom. The lowest BCUT2D eigenvalue weighted by Crippen LogP contribution is -2.63. The number of amides is 2. The molecule has 0 aliphatic carbocycles. The normalized spacial score (nSPS) is 27.0. The first kappa shape index (κ1) is 17.8. The van der Waals surface area contributed by atoms with Gasteiger partial charge in [0.25, 0.3) is 5.91 Å². The number of fused-ring (bicyclic) bond motifs is 1. The maximum Gasteiger partial charge on any atom is 0.275 e. The van der Waals surface area contributed by atoms with Crippen molar-refractivity contribution < 1.29 is 19.3 Å². The molecule has 0 bridgehead atoms. The van der Waals surface area contributed by atoms with Crippen LogP contribution in [0, 0.1) is 12.3 Å². The molecule has 2 amide bonds. The van der Waals surface area contributed by atoms with Gasteiger partial charge in [-0.2, -0.15) is 0 Å². The van der Waals surface area contributed by atoms with E-state index in [1.807, 2.05) is 7.05 Å². The molecule has 2 atom stereocenters. The van der Waals surface area contributed by atoms with Crippen LogP contribution in [0.15, 0.2) is 4.63 Å². The predicted molar refractivity (Wildman–Crippen MR) is 87.7 cm³/mol. The second-order valence-corrected chi connectivity index (χ2v) is 7.09. The molecular formula is C16H25N5O4. The molecule has 0 unspecified atom stereocenters. The van der Waals surface area contributed by atoms with Crippen LogP contribution in [0.5, 0.6) is 0 Å². The molecule has 138 valence electrons. The summed E-state index contributed by atoms with van der Waals surface area (Å²) >= 11 is 0. The van der Waals surface area contributed by atoms with E-state index in [1.165, 1.54) is 0 Å². The van der Waals surface area contributed by atoms with Gasteiger partial charge < -0.3 is 20.2 Å². The van der Waals surface area contributed by atoms with Crippen molar-refractivity contribution in [3.8, 4) is 0 Å². The second-order valence-electron chi connectivity index (χ2n) is 7.09. The minimum atomic E-state index is -0.469. The van der Waals surface area contributed by atoms with Gasteiger partial charge in [-0.3, -0.25) is 9.59 Å². The molecule has 2 N–H and O–H groups in total. The molecule has 3 rings (SSSR count). The summed E-state index contributed by atoms with van der Waals surface area (Å²) in [7, 11) is 2.05. The summed E-state index contributed by atoms with van der Waals surface area (Å²) in [6, 6.07) is 0.154. The lowest BCUT2D eigenvalue weighted by atomic mass is 9.69. The number of carbonyl (C=O) groups is 2. The fourth-order valence-corrected chi connectivity index (χ4v) is 4.03. The van der Waals surface area contributed by atoms with Crippen LogP contribution in [0.3, 0.4) is 0 Å². The van der Waals surface area contributed by atoms with Crippen LogP contribution in [-0.4, -0.2) is 82.9 Å². The van der Waals surface area contributed by atoms with Crippen molar-refractivity contribution in [2.24, 2.45) is 5.41 Å². The predicted octanol–water partition coefficient (Wildman–Crippen LogP) is -0.587. The number of nitrogens with one attached hydrogen (secondary N) is 1. The lowest BCUT2D eigenvalue weighted by Gasteiger charge is -2.53. The van der Waals surface area contributed by atoms with Gasteiger partial charge in [0.2, 0.25) is 5.91 Å². The topological polar surface area (TPSA) is 112 Å². The van der Waals surface area contributed by atoms with E-state index < -0.39 is 5.91 Å². The highest BCUT2D eigenvalue weighted by Crippen LogP contribution is 2.41.